The van der Waals surface area contributed by atoms with Crippen LogP contribution < -0.4 is 10.5 Å². The molecule has 5 nitrogen and oxygen atoms in total. The largest absolute Gasteiger partial charge is 0.482 e. The van der Waals surface area contributed by atoms with E-state index < -0.39 is 24.4 Å². The number of aromatic nitrogens is 1. The van der Waals surface area contributed by atoms with Crippen molar-refractivity contribution in [3.63, 3.8) is 0 Å². The Labute approximate surface area is 87.7 Å². The third kappa shape index (κ3) is 3.30. The van der Waals surface area contributed by atoms with Gasteiger partial charge in [0, 0.05) is 6.07 Å². The van der Waals surface area contributed by atoms with Crippen LogP contribution in [0.2, 0.25) is 0 Å². The van der Waals surface area contributed by atoms with Crippen LogP contribution in [0.1, 0.15) is 10.5 Å². The van der Waals surface area contributed by atoms with Crippen LogP contribution in [0.5, 0.6) is 5.75 Å². The van der Waals surface area contributed by atoms with Gasteiger partial charge >= 0.3 is 12.1 Å². The van der Waals surface area contributed by atoms with Crippen LogP contribution in [0, 0.1) is 0 Å². The molecule has 0 aliphatic rings. The van der Waals surface area contributed by atoms with E-state index in [2.05, 4.69) is 9.72 Å². The van der Waals surface area contributed by atoms with Crippen LogP contribution in [-0.4, -0.2) is 28.8 Å². The van der Waals surface area contributed by atoms with Gasteiger partial charge in [-0.25, -0.2) is 9.78 Å². The first kappa shape index (κ1) is 12.1. The van der Waals surface area contributed by atoms with Crippen molar-refractivity contribution in [3.05, 3.63) is 18.0 Å². The number of pyridine rings is 1. The fourth-order valence-corrected chi connectivity index (χ4v) is 0.884. The maximum atomic E-state index is 11.8. The predicted molar refractivity (Wildman–Crippen MR) is 47.2 cm³/mol. The quantitative estimate of drug-likeness (QED) is 0.826. The van der Waals surface area contributed by atoms with Crippen LogP contribution in [0.4, 0.5) is 18.9 Å². The zero-order valence-electron chi connectivity index (χ0n) is 7.78. The summed E-state index contributed by atoms with van der Waals surface area (Å²) in [5.41, 5.74) is 4.57. The summed E-state index contributed by atoms with van der Waals surface area (Å²) in [6.45, 7) is -1.49. The topological polar surface area (TPSA) is 85.4 Å². The number of nitrogens with two attached hydrogens (primary N) is 1. The molecule has 16 heavy (non-hydrogen) atoms. The smallest absolute Gasteiger partial charge is 0.422 e. The number of nitrogen functional groups attached to an aromatic ring is 1. The second kappa shape index (κ2) is 4.25. The maximum Gasteiger partial charge on any atom is 0.422 e. The Morgan fingerprint density at radius 2 is 2.19 bits per heavy atom. The molecule has 0 spiro atoms. The normalized spacial score (nSPS) is 11.2. The summed E-state index contributed by atoms with van der Waals surface area (Å²) >= 11 is 0. The van der Waals surface area contributed by atoms with Crippen molar-refractivity contribution in [2.45, 2.75) is 6.18 Å². The number of carboxylic acids is 1. The molecule has 1 heterocycles. The first-order valence-corrected chi connectivity index (χ1v) is 3.98. The number of hydrogen-bond acceptors (Lipinski definition) is 4. The van der Waals surface area contributed by atoms with Crippen LogP contribution in [0.3, 0.4) is 0 Å². The number of hydrogen-bond donors (Lipinski definition) is 2. The molecule has 1 aromatic heterocycles. The molecule has 0 aliphatic heterocycles. The number of ether oxygens (including phenoxy) is 1. The molecule has 0 aliphatic carbocycles. The van der Waals surface area contributed by atoms with Gasteiger partial charge < -0.3 is 15.6 Å². The van der Waals surface area contributed by atoms with Crippen molar-refractivity contribution in [2.24, 2.45) is 0 Å². The van der Waals surface area contributed by atoms with Gasteiger partial charge in [-0.05, 0) is 0 Å². The molecule has 0 bridgehead atoms. The minimum atomic E-state index is -4.47. The number of carboxylic acid groups (broad SMARTS) is 1. The van der Waals surface area contributed by atoms with E-state index in [0.717, 1.165) is 12.3 Å². The predicted octanol–water partition coefficient (Wildman–Crippen LogP) is 1.30. The first-order valence-electron chi connectivity index (χ1n) is 3.98. The zero-order valence-corrected chi connectivity index (χ0v) is 7.78. The average molecular weight is 236 g/mol. The Balaban J connectivity index is 2.78. The molecule has 1 rings (SSSR count). The summed E-state index contributed by atoms with van der Waals surface area (Å²) in [4.78, 5) is 13.8. The highest BCUT2D eigenvalue weighted by atomic mass is 19.4. The Kier molecular flexibility index (Phi) is 3.21. The number of alkyl halides is 3. The molecule has 0 fully saturated rings. The number of rotatable bonds is 3. The molecule has 1 aromatic rings. The SMILES string of the molecule is Nc1cc(OCC(F)(F)F)cnc1C(=O)O. The fourth-order valence-electron chi connectivity index (χ4n) is 0.884. The van der Waals surface area contributed by atoms with Gasteiger partial charge in [-0.2, -0.15) is 13.2 Å². The van der Waals surface area contributed by atoms with Crippen molar-refractivity contribution in [1.29, 1.82) is 0 Å². The molecular weight excluding hydrogens is 229 g/mol. The summed E-state index contributed by atoms with van der Waals surface area (Å²) in [5.74, 6) is -1.60. The van der Waals surface area contributed by atoms with Crippen LogP contribution in [0.15, 0.2) is 12.3 Å². The lowest BCUT2D eigenvalue weighted by atomic mass is 10.3. The van der Waals surface area contributed by atoms with E-state index in [0.29, 0.717) is 0 Å². The standard InChI is InChI=1S/C8H7F3N2O3/c9-8(10,11)3-16-4-1-5(12)6(7(14)15)13-2-4/h1-2H,3,12H2,(H,14,15). The summed E-state index contributed by atoms with van der Waals surface area (Å²) < 4.78 is 39.7. The molecule has 0 aromatic carbocycles. The molecule has 0 atom stereocenters. The Morgan fingerprint density at radius 3 is 2.62 bits per heavy atom. The fraction of sp³-hybridized carbons (Fsp3) is 0.250. The molecule has 0 amide bonds. The second-order valence-electron chi connectivity index (χ2n) is 2.82. The molecule has 3 N–H and O–H groups in total. The van der Waals surface area contributed by atoms with Crippen molar-refractivity contribution in [1.82, 2.24) is 4.98 Å². The Morgan fingerprint density at radius 1 is 1.56 bits per heavy atom. The third-order valence-corrected chi connectivity index (χ3v) is 1.50. The summed E-state index contributed by atoms with van der Waals surface area (Å²) in [7, 11) is 0. The second-order valence-corrected chi connectivity index (χ2v) is 2.82. The van der Waals surface area contributed by atoms with Crippen molar-refractivity contribution in [2.75, 3.05) is 12.3 Å². The highest BCUT2D eigenvalue weighted by molar-refractivity contribution is 5.91. The van der Waals surface area contributed by atoms with Gasteiger partial charge in [0.2, 0.25) is 0 Å². The molecule has 8 heteroatoms. The minimum absolute atomic E-state index is 0.236. The molecule has 0 saturated carbocycles. The van der Waals surface area contributed by atoms with Crippen LogP contribution >= 0.6 is 0 Å². The van der Waals surface area contributed by atoms with Crippen molar-refractivity contribution in [3.8, 4) is 5.75 Å². The van der Waals surface area contributed by atoms with Gasteiger partial charge in [0.1, 0.15) is 5.75 Å². The number of anilines is 1. The maximum absolute atomic E-state index is 11.8. The highest BCUT2D eigenvalue weighted by Gasteiger charge is 2.28. The first-order chi connectivity index (χ1) is 7.29. The van der Waals surface area contributed by atoms with E-state index in [4.69, 9.17) is 10.8 Å². The van der Waals surface area contributed by atoms with Gasteiger partial charge in [0.05, 0.1) is 11.9 Å². The number of aromatic carboxylic acids is 1. The van der Waals surface area contributed by atoms with E-state index >= 15 is 0 Å². The molecular formula is C8H7F3N2O3. The lowest BCUT2D eigenvalue weighted by Crippen LogP contribution is -2.19. The lowest BCUT2D eigenvalue weighted by molar-refractivity contribution is -0.153. The minimum Gasteiger partial charge on any atom is -0.482 e. The summed E-state index contributed by atoms with van der Waals surface area (Å²) in [5, 5.41) is 8.55. The lowest BCUT2D eigenvalue weighted by Gasteiger charge is -2.09. The number of nitrogens with zero attached hydrogens (tertiary/aromatic N) is 1. The zero-order chi connectivity index (χ0) is 12.3. The Bertz CT molecular complexity index is 406. The van der Waals surface area contributed by atoms with Crippen molar-refractivity contribution >= 4 is 11.7 Å². The molecule has 88 valence electrons. The number of carbonyl (C=O) groups is 1. The average Bonchev–Trinajstić information content (AvgIpc) is 2.13. The summed E-state index contributed by atoms with van der Waals surface area (Å²) in [6, 6.07) is 0.974. The monoisotopic (exact) mass is 236 g/mol. The molecule has 0 radical (unpaired) electrons. The van der Waals surface area contributed by atoms with Gasteiger partial charge in [0.25, 0.3) is 0 Å². The number of halogens is 3. The van der Waals surface area contributed by atoms with E-state index in [1.807, 2.05) is 0 Å². The summed E-state index contributed by atoms with van der Waals surface area (Å²) in [6.07, 6.45) is -3.61. The van der Waals surface area contributed by atoms with Crippen LogP contribution in [-0.2, 0) is 0 Å². The highest BCUT2D eigenvalue weighted by Crippen LogP contribution is 2.20. The third-order valence-electron chi connectivity index (χ3n) is 1.50. The van der Waals surface area contributed by atoms with Crippen LogP contribution in [0.25, 0.3) is 0 Å². The Hall–Kier alpha value is -1.99. The van der Waals surface area contributed by atoms with E-state index in [9.17, 15) is 18.0 Å². The molecule has 0 unspecified atom stereocenters. The van der Waals surface area contributed by atoms with Crippen molar-refractivity contribution < 1.29 is 27.8 Å². The van der Waals surface area contributed by atoms with Gasteiger partial charge in [-0.3, -0.25) is 0 Å². The molecule has 0 saturated heterocycles. The van der Waals surface area contributed by atoms with Gasteiger partial charge in [0.15, 0.2) is 12.3 Å². The van der Waals surface area contributed by atoms with Gasteiger partial charge in [-0.15, -0.1) is 0 Å². The van der Waals surface area contributed by atoms with E-state index in [-0.39, 0.29) is 11.4 Å². The van der Waals surface area contributed by atoms with Gasteiger partial charge in [-0.1, -0.05) is 0 Å². The van der Waals surface area contributed by atoms with E-state index in [1.165, 1.54) is 0 Å². The van der Waals surface area contributed by atoms with E-state index in [1.54, 1.807) is 0 Å².